The van der Waals surface area contributed by atoms with Crippen LogP contribution in [-0.4, -0.2) is 43.3 Å². The average Bonchev–Trinajstić information content (AvgIpc) is 3.54. The SMILES string of the molecule is O=C(O)c1ccc2nc(Cc3cc(F)c(-c4cccc(OCc5nccs5)n4)cc3F)n(CC3CCO3)c2c1. The Labute approximate surface area is 225 Å². The number of thiazole rings is 1. The van der Waals surface area contributed by atoms with Gasteiger partial charge in [0, 0.05) is 36.2 Å². The molecule has 3 aromatic heterocycles. The van der Waals surface area contributed by atoms with Gasteiger partial charge < -0.3 is 19.1 Å². The van der Waals surface area contributed by atoms with E-state index < -0.39 is 17.6 Å². The highest BCUT2D eigenvalue weighted by molar-refractivity contribution is 7.09. The normalized spacial score (nSPS) is 14.9. The van der Waals surface area contributed by atoms with Crippen molar-refractivity contribution in [1.29, 1.82) is 0 Å². The van der Waals surface area contributed by atoms with E-state index in [0.29, 0.717) is 30.0 Å². The molecule has 1 unspecified atom stereocenters. The number of hydrogen-bond acceptors (Lipinski definition) is 7. The van der Waals surface area contributed by atoms with Crippen LogP contribution in [0, 0.1) is 11.6 Å². The third-order valence-electron chi connectivity index (χ3n) is 6.56. The Hall–Kier alpha value is -4.22. The highest BCUT2D eigenvalue weighted by Crippen LogP contribution is 2.29. The van der Waals surface area contributed by atoms with Crippen LogP contribution in [0.2, 0.25) is 0 Å². The predicted molar refractivity (Wildman–Crippen MR) is 140 cm³/mol. The zero-order valence-electron chi connectivity index (χ0n) is 20.5. The van der Waals surface area contributed by atoms with Crippen molar-refractivity contribution in [2.24, 2.45) is 0 Å². The number of fused-ring (bicyclic) bond motifs is 1. The predicted octanol–water partition coefficient (Wildman–Crippen LogP) is 5.49. The number of hydrogen-bond donors (Lipinski definition) is 1. The number of carboxylic acid groups (broad SMARTS) is 1. The highest BCUT2D eigenvalue weighted by Gasteiger charge is 2.23. The van der Waals surface area contributed by atoms with E-state index in [1.165, 1.54) is 17.4 Å². The number of benzene rings is 2. The van der Waals surface area contributed by atoms with E-state index in [1.54, 1.807) is 36.5 Å². The number of aromatic carboxylic acids is 1. The summed E-state index contributed by atoms with van der Waals surface area (Å²) in [7, 11) is 0. The maximum absolute atomic E-state index is 15.4. The molecule has 0 bridgehead atoms. The minimum atomic E-state index is -1.05. The second-order valence-corrected chi connectivity index (χ2v) is 10.1. The number of imidazole rings is 1. The van der Waals surface area contributed by atoms with Gasteiger partial charge >= 0.3 is 5.97 Å². The van der Waals surface area contributed by atoms with Crippen molar-refractivity contribution in [3.05, 3.63) is 93.7 Å². The van der Waals surface area contributed by atoms with Crippen molar-refractivity contribution >= 4 is 28.3 Å². The van der Waals surface area contributed by atoms with Gasteiger partial charge in [-0.1, -0.05) is 6.07 Å². The number of ether oxygens (including phenoxy) is 2. The minimum absolute atomic E-state index is 0.0111. The Kier molecular flexibility index (Phi) is 6.76. The molecule has 5 aromatic rings. The van der Waals surface area contributed by atoms with E-state index in [2.05, 4.69) is 15.0 Å². The van der Waals surface area contributed by atoms with Crippen LogP contribution in [-0.2, 0) is 24.3 Å². The molecule has 0 radical (unpaired) electrons. The van der Waals surface area contributed by atoms with Crippen molar-refractivity contribution in [3.63, 3.8) is 0 Å². The monoisotopic (exact) mass is 548 g/mol. The number of carbonyl (C=O) groups is 1. The van der Waals surface area contributed by atoms with E-state index in [0.717, 1.165) is 23.6 Å². The molecule has 0 aliphatic carbocycles. The Balaban J connectivity index is 1.29. The molecule has 198 valence electrons. The molecule has 1 atom stereocenters. The average molecular weight is 549 g/mol. The van der Waals surface area contributed by atoms with Crippen LogP contribution in [0.3, 0.4) is 0 Å². The molecule has 1 aliphatic rings. The van der Waals surface area contributed by atoms with Gasteiger partial charge in [-0.15, -0.1) is 11.3 Å². The number of aromatic nitrogens is 4. The molecule has 1 fully saturated rings. The van der Waals surface area contributed by atoms with Crippen LogP contribution in [0.1, 0.15) is 33.2 Å². The summed E-state index contributed by atoms with van der Waals surface area (Å²) >= 11 is 1.45. The number of nitrogens with zero attached hydrogens (tertiary/aromatic N) is 4. The van der Waals surface area contributed by atoms with Crippen molar-refractivity contribution in [3.8, 4) is 17.1 Å². The molecule has 11 heteroatoms. The summed E-state index contributed by atoms with van der Waals surface area (Å²) < 4.78 is 43.7. The van der Waals surface area contributed by atoms with Gasteiger partial charge in [0.25, 0.3) is 0 Å². The third-order valence-corrected chi connectivity index (χ3v) is 7.32. The van der Waals surface area contributed by atoms with E-state index in [4.69, 9.17) is 9.47 Å². The lowest BCUT2D eigenvalue weighted by Gasteiger charge is -2.27. The highest BCUT2D eigenvalue weighted by atomic mass is 32.1. The maximum atomic E-state index is 15.4. The van der Waals surface area contributed by atoms with Gasteiger partial charge in [0.05, 0.1) is 34.9 Å². The summed E-state index contributed by atoms with van der Waals surface area (Å²) in [5, 5.41) is 12.0. The summed E-state index contributed by atoms with van der Waals surface area (Å²) in [6, 6.07) is 11.8. The molecule has 1 saturated heterocycles. The molecule has 39 heavy (non-hydrogen) atoms. The van der Waals surface area contributed by atoms with Crippen LogP contribution >= 0.6 is 11.3 Å². The molecule has 0 saturated carbocycles. The lowest BCUT2D eigenvalue weighted by Crippen LogP contribution is -2.31. The second-order valence-electron chi connectivity index (χ2n) is 9.10. The largest absolute Gasteiger partial charge is 0.478 e. The van der Waals surface area contributed by atoms with Gasteiger partial charge in [-0.25, -0.2) is 28.5 Å². The first-order chi connectivity index (χ1) is 18.9. The quantitative estimate of drug-likeness (QED) is 0.260. The van der Waals surface area contributed by atoms with E-state index in [1.807, 2.05) is 9.95 Å². The standard InChI is InChI=1S/C28H22F2N4O4S/c29-20-13-19(22-2-1-3-26(33-22)38-15-27-31-7-9-39-27)21(30)10-17(20)12-25-32-23-5-4-16(28(35)36)11-24(23)34(25)14-18-6-8-37-18/h1-5,7,9-11,13,18H,6,8,12,14-15H2,(H,35,36). The van der Waals surface area contributed by atoms with Crippen LogP contribution in [0.5, 0.6) is 5.88 Å². The Bertz CT molecular complexity index is 1670. The van der Waals surface area contributed by atoms with E-state index in [-0.39, 0.29) is 47.4 Å². The van der Waals surface area contributed by atoms with Crippen LogP contribution < -0.4 is 4.74 Å². The summed E-state index contributed by atoms with van der Waals surface area (Å²) in [6.45, 7) is 1.32. The lowest BCUT2D eigenvalue weighted by molar-refractivity contribution is -0.0589. The maximum Gasteiger partial charge on any atom is 0.335 e. The van der Waals surface area contributed by atoms with Crippen LogP contribution in [0.25, 0.3) is 22.3 Å². The zero-order valence-corrected chi connectivity index (χ0v) is 21.3. The van der Waals surface area contributed by atoms with Crippen molar-refractivity contribution < 1.29 is 28.2 Å². The summed E-state index contributed by atoms with van der Waals surface area (Å²) in [5.41, 5.74) is 1.68. The molecule has 8 nitrogen and oxygen atoms in total. The van der Waals surface area contributed by atoms with E-state index >= 15 is 8.78 Å². The Morgan fingerprint density at radius 2 is 2.03 bits per heavy atom. The fourth-order valence-corrected chi connectivity index (χ4v) is 5.00. The molecule has 1 aliphatic heterocycles. The van der Waals surface area contributed by atoms with Gasteiger partial charge in [-0.2, -0.15) is 0 Å². The molecule has 2 aromatic carbocycles. The van der Waals surface area contributed by atoms with Crippen LogP contribution in [0.15, 0.2) is 60.1 Å². The van der Waals surface area contributed by atoms with Crippen molar-refractivity contribution in [1.82, 2.24) is 19.5 Å². The third kappa shape index (κ3) is 5.23. The molecule has 6 rings (SSSR count). The fourth-order valence-electron chi connectivity index (χ4n) is 4.47. The molecule has 0 spiro atoms. The smallest absolute Gasteiger partial charge is 0.335 e. The van der Waals surface area contributed by atoms with E-state index in [9.17, 15) is 9.90 Å². The van der Waals surface area contributed by atoms with Gasteiger partial charge in [-0.3, -0.25) is 0 Å². The number of halogens is 2. The Morgan fingerprint density at radius 1 is 1.15 bits per heavy atom. The van der Waals surface area contributed by atoms with Gasteiger partial charge in [0.15, 0.2) is 0 Å². The summed E-state index contributed by atoms with van der Waals surface area (Å²) in [6.07, 6.45) is 2.50. The summed E-state index contributed by atoms with van der Waals surface area (Å²) in [5.74, 6) is -1.52. The molecule has 1 N–H and O–H groups in total. The second kappa shape index (κ2) is 10.5. The van der Waals surface area contributed by atoms with Crippen LogP contribution in [0.4, 0.5) is 8.78 Å². The van der Waals surface area contributed by atoms with Gasteiger partial charge in [-0.05, 0) is 48.4 Å². The lowest BCUT2D eigenvalue weighted by atomic mass is 10.0. The molecular formula is C28H22F2N4O4S. The van der Waals surface area contributed by atoms with Crippen molar-refractivity contribution in [2.45, 2.75) is 32.1 Å². The number of pyridine rings is 1. The first-order valence-corrected chi connectivity index (χ1v) is 13.1. The topological polar surface area (TPSA) is 99.4 Å². The molecule has 0 amide bonds. The zero-order chi connectivity index (χ0) is 26.9. The Morgan fingerprint density at radius 3 is 2.77 bits per heavy atom. The first-order valence-electron chi connectivity index (χ1n) is 12.2. The molecular weight excluding hydrogens is 526 g/mol. The molecule has 4 heterocycles. The van der Waals surface area contributed by atoms with Gasteiger partial charge in [0.2, 0.25) is 5.88 Å². The van der Waals surface area contributed by atoms with Gasteiger partial charge in [0.1, 0.15) is 29.1 Å². The minimum Gasteiger partial charge on any atom is -0.478 e. The fraction of sp³-hybridized carbons (Fsp3) is 0.214. The summed E-state index contributed by atoms with van der Waals surface area (Å²) in [4.78, 5) is 24.6. The first kappa shape index (κ1) is 25.1. The number of rotatable bonds is 9. The number of carboxylic acids is 1. The van der Waals surface area contributed by atoms with Crippen molar-refractivity contribution in [2.75, 3.05) is 6.61 Å².